The summed E-state index contributed by atoms with van der Waals surface area (Å²) < 4.78 is 27.4. The van der Waals surface area contributed by atoms with E-state index in [9.17, 15) is 13.2 Å². The number of sulfonamides is 1. The predicted octanol–water partition coefficient (Wildman–Crippen LogP) is -0.201. The normalized spacial score (nSPS) is 20.9. The molecule has 0 saturated carbocycles. The van der Waals surface area contributed by atoms with Crippen molar-refractivity contribution in [2.45, 2.75) is 25.2 Å². The maximum atomic E-state index is 12.1. The minimum atomic E-state index is -3.52. The van der Waals surface area contributed by atoms with Crippen LogP contribution in [0.3, 0.4) is 0 Å². The van der Waals surface area contributed by atoms with Crippen LogP contribution in [0.2, 0.25) is 0 Å². The lowest BCUT2D eigenvalue weighted by Gasteiger charge is -2.31. The van der Waals surface area contributed by atoms with Crippen LogP contribution in [0.4, 0.5) is 0 Å². The lowest BCUT2D eigenvalue weighted by Crippen LogP contribution is -2.41. The summed E-state index contributed by atoms with van der Waals surface area (Å²) in [5, 5.41) is 16.4. The fourth-order valence-corrected chi connectivity index (χ4v) is 3.92. The van der Waals surface area contributed by atoms with Crippen LogP contribution < -0.4 is 0 Å². The number of rotatable bonds is 5. The number of nitrogens with zero attached hydrogens (tertiary/aromatic N) is 4. The number of hydrogen-bond acceptors (Lipinski definition) is 5. The van der Waals surface area contributed by atoms with Gasteiger partial charge in [0.2, 0.25) is 10.0 Å². The Morgan fingerprint density at radius 1 is 1.55 bits per heavy atom. The summed E-state index contributed by atoms with van der Waals surface area (Å²) in [6.07, 6.45) is 2.82. The maximum Gasteiger partial charge on any atom is 0.304 e. The second-order valence-corrected chi connectivity index (χ2v) is 7.05. The molecule has 2 rings (SSSR count). The summed E-state index contributed by atoms with van der Waals surface area (Å²) in [5.41, 5.74) is 0. The summed E-state index contributed by atoms with van der Waals surface area (Å²) in [6.45, 7) is 0.783. The first-order valence-corrected chi connectivity index (χ1v) is 8.04. The van der Waals surface area contributed by atoms with Crippen molar-refractivity contribution in [3.05, 3.63) is 12.2 Å². The summed E-state index contributed by atoms with van der Waals surface area (Å²) >= 11 is 0. The third kappa shape index (κ3) is 3.34. The molecule has 1 aliphatic heterocycles. The molecule has 0 spiro atoms. The van der Waals surface area contributed by atoms with E-state index in [4.69, 9.17) is 5.11 Å². The molecule has 1 atom stereocenters. The molecule has 1 saturated heterocycles. The van der Waals surface area contributed by atoms with Crippen LogP contribution in [-0.2, 0) is 21.9 Å². The molecular formula is C11H18N4O4S. The van der Waals surface area contributed by atoms with Crippen LogP contribution in [0.5, 0.6) is 0 Å². The first-order valence-electron chi connectivity index (χ1n) is 6.43. The maximum absolute atomic E-state index is 12.1. The minimum absolute atomic E-state index is 0.0100. The molecule has 0 amide bonds. The van der Waals surface area contributed by atoms with Crippen LogP contribution in [-0.4, -0.2) is 57.4 Å². The third-order valence-corrected chi connectivity index (χ3v) is 5.30. The highest BCUT2D eigenvalue weighted by atomic mass is 32.2. The Kier molecular flexibility index (Phi) is 4.39. The second-order valence-electron chi connectivity index (χ2n) is 4.96. The number of aliphatic carboxylic acids is 1. The van der Waals surface area contributed by atoms with Gasteiger partial charge in [-0.3, -0.25) is 4.79 Å². The third-order valence-electron chi connectivity index (χ3n) is 3.46. The van der Waals surface area contributed by atoms with Gasteiger partial charge in [0.15, 0.2) is 0 Å². The van der Waals surface area contributed by atoms with E-state index in [2.05, 4.69) is 10.2 Å². The molecule has 0 aliphatic carbocycles. The molecule has 20 heavy (non-hydrogen) atoms. The molecule has 1 N–H and O–H groups in total. The number of aryl methyl sites for hydroxylation is 1. The Morgan fingerprint density at radius 3 is 2.90 bits per heavy atom. The Hall–Kier alpha value is -1.48. The molecule has 0 aromatic carbocycles. The molecule has 1 aromatic heterocycles. The van der Waals surface area contributed by atoms with Gasteiger partial charge < -0.3 is 9.67 Å². The van der Waals surface area contributed by atoms with Crippen molar-refractivity contribution in [1.29, 1.82) is 0 Å². The van der Waals surface area contributed by atoms with E-state index in [1.807, 2.05) is 7.05 Å². The number of aromatic nitrogens is 3. The molecule has 1 unspecified atom stereocenters. The van der Waals surface area contributed by atoms with E-state index < -0.39 is 16.0 Å². The standard InChI is InChI=1S/C11H18N4O4S/c1-14-8-12-13-11(14)9-3-2-5-15(7-9)20(18,19)6-4-10(16)17/h8-9H,2-7H2,1H3,(H,16,17). The fourth-order valence-electron chi connectivity index (χ4n) is 2.41. The van der Waals surface area contributed by atoms with Gasteiger partial charge in [-0.2, -0.15) is 0 Å². The average molecular weight is 302 g/mol. The number of carbonyl (C=O) groups is 1. The SMILES string of the molecule is Cn1cnnc1C1CCCN(S(=O)(=O)CCC(=O)O)C1. The lowest BCUT2D eigenvalue weighted by molar-refractivity contribution is -0.136. The van der Waals surface area contributed by atoms with E-state index in [0.29, 0.717) is 13.1 Å². The first kappa shape index (κ1) is 14.9. The largest absolute Gasteiger partial charge is 0.481 e. The van der Waals surface area contributed by atoms with Crippen LogP contribution in [0, 0.1) is 0 Å². The smallest absolute Gasteiger partial charge is 0.304 e. The van der Waals surface area contributed by atoms with Gasteiger partial charge in [-0.15, -0.1) is 10.2 Å². The number of piperidine rings is 1. The Labute approximate surface area is 117 Å². The van der Waals surface area contributed by atoms with Crippen LogP contribution in [0.1, 0.15) is 31.0 Å². The van der Waals surface area contributed by atoms with Gasteiger partial charge in [0.1, 0.15) is 12.2 Å². The minimum Gasteiger partial charge on any atom is -0.481 e. The van der Waals surface area contributed by atoms with E-state index >= 15 is 0 Å². The molecule has 8 nitrogen and oxygen atoms in total. The number of carboxylic acid groups (broad SMARTS) is 1. The van der Waals surface area contributed by atoms with Crippen molar-refractivity contribution in [2.24, 2.45) is 7.05 Å². The van der Waals surface area contributed by atoms with E-state index in [1.54, 1.807) is 10.9 Å². The zero-order valence-corrected chi connectivity index (χ0v) is 12.1. The fraction of sp³-hybridized carbons (Fsp3) is 0.727. The van der Waals surface area contributed by atoms with Crippen molar-refractivity contribution in [3.63, 3.8) is 0 Å². The molecule has 112 valence electrons. The van der Waals surface area contributed by atoms with Gasteiger partial charge in [0, 0.05) is 26.1 Å². The molecule has 9 heteroatoms. The number of hydrogen-bond donors (Lipinski definition) is 1. The second kappa shape index (κ2) is 5.88. The monoisotopic (exact) mass is 302 g/mol. The van der Waals surface area contributed by atoms with Crippen LogP contribution in [0.15, 0.2) is 6.33 Å². The van der Waals surface area contributed by atoms with Gasteiger partial charge in [-0.05, 0) is 12.8 Å². The van der Waals surface area contributed by atoms with Crippen molar-refractivity contribution < 1.29 is 18.3 Å². The highest BCUT2D eigenvalue weighted by molar-refractivity contribution is 7.89. The Bertz CT molecular complexity index is 583. The zero-order valence-electron chi connectivity index (χ0n) is 11.3. The number of carboxylic acids is 1. The first-order chi connectivity index (χ1) is 9.40. The summed E-state index contributed by atoms with van der Waals surface area (Å²) in [5.74, 6) is -0.678. The van der Waals surface area contributed by atoms with Gasteiger partial charge in [0.05, 0.1) is 12.2 Å². The van der Waals surface area contributed by atoms with Crippen LogP contribution >= 0.6 is 0 Å². The Balaban J connectivity index is 2.07. The lowest BCUT2D eigenvalue weighted by atomic mass is 9.99. The highest BCUT2D eigenvalue weighted by Gasteiger charge is 2.31. The quantitative estimate of drug-likeness (QED) is 0.807. The Morgan fingerprint density at radius 2 is 2.30 bits per heavy atom. The highest BCUT2D eigenvalue weighted by Crippen LogP contribution is 2.26. The molecule has 0 bridgehead atoms. The van der Waals surface area contributed by atoms with E-state index in [1.165, 1.54) is 4.31 Å². The zero-order chi connectivity index (χ0) is 14.8. The van der Waals surface area contributed by atoms with Gasteiger partial charge in [-0.1, -0.05) is 0 Å². The van der Waals surface area contributed by atoms with Gasteiger partial charge >= 0.3 is 5.97 Å². The van der Waals surface area contributed by atoms with E-state index in [0.717, 1.165) is 18.7 Å². The molecule has 1 aliphatic rings. The van der Waals surface area contributed by atoms with Crippen molar-refractivity contribution in [1.82, 2.24) is 19.1 Å². The molecule has 2 heterocycles. The van der Waals surface area contributed by atoms with E-state index in [-0.39, 0.29) is 18.1 Å². The predicted molar refractivity (Wildman–Crippen MR) is 70.6 cm³/mol. The molecule has 1 aromatic rings. The summed E-state index contributed by atoms with van der Waals surface area (Å²) in [6, 6.07) is 0. The average Bonchev–Trinajstić information content (AvgIpc) is 2.83. The van der Waals surface area contributed by atoms with Gasteiger partial charge in [0.25, 0.3) is 0 Å². The molecule has 1 fully saturated rings. The van der Waals surface area contributed by atoms with Gasteiger partial charge in [-0.25, -0.2) is 12.7 Å². The molecular weight excluding hydrogens is 284 g/mol. The van der Waals surface area contributed by atoms with Crippen molar-refractivity contribution in [3.8, 4) is 0 Å². The summed E-state index contributed by atoms with van der Waals surface area (Å²) in [7, 11) is -1.69. The molecule has 0 radical (unpaired) electrons. The summed E-state index contributed by atoms with van der Waals surface area (Å²) in [4.78, 5) is 10.5. The van der Waals surface area contributed by atoms with Crippen LogP contribution in [0.25, 0.3) is 0 Å². The van der Waals surface area contributed by atoms with Crippen molar-refractivity contribution in [2.75, 3.05) is 18.8 Å². The van der Waals surface area contributed by atoms with Crippen molar-refractivity contribution >= 4 is 16.0 Å². The topological polar surface area (TPSA) is 105 Å².